The van der Waals surface area contributed by atoms with Gasteiger partial charge in [0.25, 0.3) is 0 Å². The van der Waals surface area contributed by atoms with Gasteiger partial charge in [0.1, 0.15) is 16.4 Å². The Kier molecular flexibility index (Phi) is 4.47. The van der Waals surface area contributed by atoms with E-state index in [2.05, 4.69) is 9.88 Å². The number of halogens is 1. The first-order valence-electron chi connectivity index (χ1n) is 8.44. The number of imidazole rings is 1. The quantitative estimate of drug-likeness (QED) is 0.701. The lowest BCUT2D eigenvalue weighted by Gasteiger charge is -2.33. The van der Waals surface area contributed by atoms with Crippen LogP contribution in [0.5, 0.6) is 0 Å². The van der Waals surface area contributed by atoms with E-state index in [0.717, 1.165) is 11.3 Å². The van der Waals surface area contributed by atoms with Gasteiger partial charge in [-0.25, -0.2) is 17.8 Å². The molecule has 2 aromatic heterocycles. The van der Waals surface area contributed by atoms with Crippen LogP contribution in [0.1, 0.15) is 5.69 Å². The van der Waals surface area contributed by atoms with Gasteiger partial charge in [-0.2, -0.15) is 4.31 Å². The second-order valence-corrected chi connectivity index (χ2v) is 8.20. The number of hydrogen-bond donors (Lipinski definition) is 0. The van der Waals surface area contributed by atoms with Crippen LogP contribution in [0.2, 0.25) is 0 Å². The molecule has 1 fully saturated rings. The predicted octanol–water partition coefficient (Wildman–Crippen LogP) is 1.98. The second kappa shape index (κ2) is 6.79. The van der Waals surface area contributed by atoms with E-state index in [9.17, 15) is 12.8 Å². The molecule has 1 aliphatic rings. The number of piperazine rings is 1. The van der Waals surface area contributed by atoms with Gasteiger partial charge in [-0.3, -0.25) is 4.90 Å². The van der Waals surface area contributed by atoms with Crippen LogP contribution in [0.4, 0.5) is 4.39 Å². The molecule has 136 valence electrons. The molecule has 0 spiro atoms. The zero-order chi connectivity index (χ0) is 18.1. The fourth-order valence-corrected chi connectivity index (χ4v) is 4.74. The second-order valence-electron chi connectivity index (χ2n) is 6.29. The molecule has 0 atom stereocenters. The van der Waals surface area contributed by atoms with Gasteiger partial charge in [-0.15, -0.1) is 0 Å². The first-order valence-corrected chi connectivity index (χ1v) is 9.88. The minimum absolute atomic E-state index is 0.254. The van der Waals surface area contributed by atoms with Crippen molar-refractivity contribution in [2.45, 2.75) is 11.4 Å². The minimum Gasteiger partial charge on any atom is -0.303 e. The van der Waals surface area contributed by atoms with Crippen molar-refractivity contribution in [1.82, 2.24) is 18.6 Å². The molecule has 4 rings (SSSR count). The zero-order valence-corrected chi connectivity index (χ0v) is 14.9. The number of benzene rings is 1. The topological polar surface area (TPSA) is 57.9 Å². The maximum Gasteiger partial charge on any atom is 0.246 e. The van der Waals surface area contributed by atoms with Crippen LogP contribution in [-0.2, 0) is 16.6 Å². The van der Waals surface area contributed by atoms with E-state index in [1.165, 1.54) is 28.6 Å². The molecular formula is C18H19FN4O2S. The summed E-state index contributed by atoms with van der Waals surface area (Å²) in [5.41, 5.74) is 1.95. The molecule has 0 radical (unpaired) electrons. The van der Waals surface area contributed by atoms with E-state index >= 15 is 0 Å². The lowest BCUT2D eigenvalue weighted by molar-refractivity contribution is 0.179. The first-order chi connectivity index (χ1) is 12.6. The maximum absolute atomic E-state index is 13.9. The van der Waals surface area contributed by atoms with Gasteiger partial charge in [0, 0.05) is 38.9 Å². The van der Waals surface area contributed by atoms with E-state index in [1.54, 1.807) is 0 Å². The number of sulfonamides is 1. The molecular weight excluding hydrogens is 355 g/mol. The largest absolute Gasteiger partial charge is 0.303 e. The maximum atomic E-state index is 13.9. The third-order valence-corrected chi connectivity index (χ3v) is 6.60. The van der Waals surface area contributed by atoms with Crippen molar-refractivity contribution in [2.24, 2.45) is 0 Å². The Balaban J connectivity index is 1.45. The summed E-state index contributed by atoms with van der Waals surface area (Å²) < 4.78 is 42.6. The zero-order valence-electron chi connectivity index (χ0n) is 14.1. The van der Waals surface area contributed by atoms with Gasteiger partial charge in [0.05, 0.1) is 11.9 Å². The van der Waals surface area contributed by atoms with Crippen LogP contribution >= 0.6 is 0 Å². The Morgan fingerprint density at radius 1 is 1.00 bits per heavy atom. The molecule has 0 saturated carbocycles. The van der Waals surface area contributed by atoms with Gasteiger partial charge in [0.15, 0.2) is 0 Å². The van der Waals surface area contributed by atoms with Crippen LogP contribution in [0.3, 0.4) is 0 Å². The van der Waals surface area contributed by atoms with E-state index < -0.39 is 15.8 Å². The highest BCUT2D eigenvalue weighted by molar-refractivity contribution is 7.89. The van der Waals surface area contributed by atoms with Crippen molar-refractivity contribution in [1.29, 1.82) is 0 Å². The lowest BCUT2D eigenvalue weighted by atomic mass is 10.3. The van der Waals surface area contributed by atoms with Crippen LogP contribution in [0, 0.1) is 5.82 Å². The van der Waals surface area contributed by atoms with E-state index in [0.29, 0.717) is 32.7 Å². The number of pyridine rings is 1. The lowest BCUT2D eigenvalue weighted by Crippen LogP contribution is -2.48. The number of aromatic nitrogens is 2. The highest BCUT2D eigenvalue weighted by Crippen LogP contribution is 2.21. The Labute approximate surface area is 151 Å². The number of rotatable bonds is 4. The van der Waals surface area contributed by atoms with Crippen LogP contribution in [0.15, 0.2) is 59.8 Å². The molecule has 0 amide bonds. The Hall–Kier alpha value is -2.29. The van der Waals surface area contributed by atoms with Crippen LogP contribution < -0.4 is 0 Å². The smallest absolute Gasteiger partial charge is 0.246 e. The number of fused-ring (bicyclic) bond motifs is 1. The monoisotopic (exact) mass is 374 g/mol. The summed E-state index contributed by atoms with van der Waals surface area (Å²) in [6.07, 6.45) is 3.81. The SMILES string of the molecule is O=S(=O)(c1ccccc1F)N1CCN(Cc2cnc3ccccn23)CC1. The van der Waals surface area contributed by atoms with Crippen molar-refractivity contribution in [3.05, 3.63) is 66.4 Å². The van der Waals surface area contributed by atoms with E-state index in [4.69, 9.17) is 0 Å². The van der Waals surface area contributed by atoms with Crippen LogP contribution in [-0.4, -0.2) is 53.2 Å². The van der Waals surface area contributed by atoms with Gasteiger partial charge < -0.3 is 4.40 Å². The molecule has 1 aromatic carbocycles. The van der Waals surface area contributed by atoms with Crippen molar-refractivity contribution in [3.8, 4) is 0 Å². The molecule has 1 aliphatic heterocycles. The molecule has 3 aromatic rings. The summed E-state index contributed by atoms with van der Waals surface area (Å²) in [5.74, 6) is -0.708. The highest BCUT2D eigenvalue weighted by atomic mass is 32.2. The summed E-state index contributed by atoms with van der Waals surface area (Å²) in [6.45, 7) is 2.56. The van der Waals surface area contributed by atoms with Crippen molar-refractivity contribution in [3.63, 3.8) is 0 Å². The molecule has 1 saturated heterocycles. The molecule has 0 N–H and O–H groups in total. The molecule has 8 heteroatoms. The Bertz CT molecular complexity index is 1030. The molecule has 0 bridgehead atoms. The van der Waals surface area contributed by atoms with Gasteiger partial charge in [0.2, 0.25) is 10.0 Å². The number of hydrogen-bond acceptors (Lipinski definition) is 4. The molecule has 26 heavy (non-hydrogen) atoms. The highest BCUT2D eigenvalue weighted by Gasteiger charge is 2.30. The summed E-state index contributed by atoms with van der Waals surface area (Å²) >= 11 is 0. The summed E-state index contributed by atoms with van der Waals surface area (Å²) in [7, 11) is -3.80. The average Bonchev–Trinajstić information content (AvgIpc) is 3.05. The third-order valence-electron chi connectivity index (χ3n) is 4.66. The minimum atomic E-state index is -3.80. The molecule has 0 unspecified atom stereocenters. The summed E-state index contributed by atoms with van der Waals surface area (Å²) in [5, 5.41) is 0. The molecule has 3 heterocycles. The average molecular weight is 374 g/mol. The van der Waals surface area contributed by atoms with Gasteiger partial charge >= 0.3 is 0 Å². The van der Waals surface area contributed by atoms with Gasteiger partial charge in [-0.1, -0.05) is 18.2 Å². The van der Waals surface area contributed by atoms with E-state index in [1.807, 2.05) is 35.0 Å². The third kappa shape index (κ3) is 3.11. The van der Waals surface area contributed by atoms with Gasteiger partial charge in [-0.05, 0) is 24.3 Å². The standard InChI is InChI=1S/C18H19FN4O2S/c19-16-5-1-2-6-17(16)26(24,25)22-11-9-21(10-12-22)14-15-13-20-18-7-3-4-8-23(15)18/h1-8,13H,9-12,14H2. The fraction of sp³-hybridized carbons (Fsp3) is 0.278. The Morgan fingerprint density at radius 3 is 2.50 bits per heavy atom. The summed E-state index contributed by atoms with van der Waals surface area (Å²) in [6, 6.07) is 11.4. The molecule has 6 nitrogen and oxygen atoms in total. The molecule has 0 aliphatic carbocycles. The predicted molar refractivity (Wildman–Crippen MR) is 95.6 cm³/mol. The van der Waals surface area contributed by atoms with Crippen LogP contribution in [0.25, 0.3) is 5.65 Å². The van der Waals surface area contributed by atoms with E-state index in [-0.39, 0.29) is 4.90 Å². The summed E-state index contributed by atoms with van der Waals surface area (Å²) in [4.78, 5) is 6.31. The Morgan fingerprint density at radius 2 is 1.73 bits per heavy atom. The fourth-order valence-electron chi connectivity index (χ4n) is 3.25. The van der Waals surface area contributed by atoms with Crippen molar-refractivity contribution >= 4 is 15.7 Å². The number of nitrogens with zero attached hydrogens (tertiary/aromatic N) is 4. The van der Waals surface area contributed by atoms with Crippen molar-refractivity contribution < 1.29 is 12.8 Å². The first kappa shape index (κ1) is 17.1. The normalized spacial score (nSPS) is 17.0. The van der Waals surface area contributed by atoms with Crippen molar-refractivity contribution in [2.75, 3.05) is 26.2 Å².